The van der Waals surface area contributed by atoms with Gasteiger partial charge in [0.2, 0.25) is 5.91 Å². The lowest BCUT2D eigenvalue weighted by Crippen LogP contribution is -2.45. The van der Waals surface area contributed by atoms with Gasteiger partial charge in [0, 0.05) is 37.6 Å². The fraction of sp³-hybridized carbons (Fsp3) is 0.882. The molecule has 0 aromatic heterocycles. The lowest BCUT2D eigenvalue weighted by Gasteiger charge is -2.21. The van der Waals surface area contributed by atoms with Gasteiger partial charge in [-0.2, -0.15) is 0 Å². The van der Waals surface area contributed by atoms with Crippen LogP contribution in [0.25, 0.3) is 0 Å². The second-order valence-corrected chi connectivity index (χ2v) is 7.07. The zero-order chi connectivity index (χ0) is 16.8. The van der Waals surface area contributed by atoms with Crippen LogP contribution in [0, 0.1) is 5.92 Å². The number of aliphatic imine (C=N–C) groups is 1. The Kier molecular flexibility index (Phi) is 9.33. The van der Waals surface area contributed by atoms with Crippen LogP contribution in [0.5, 0.6) is 0 Å². The van der Waals surface area contributed by atoms with Gasteiger partial charge in [-0.25, -0.2) is 0 Å². The van der Waals surface area contributed by atoms with Gasteiger partial charge in [0.1, 0.15) is 0 Å². The Bertz CT molecular complexity index is 429. The van der Waals surface area contributed by atoms with Crippen LogP contribution in [0.4, 0.5) is 0 Å². The van der Waals surface area contributed by atoms with Crippen molar-refractivity contribution in [1.29, 1.82) is 0 Å². The fourth-order valence-corrected chi connectivity index (χ4v) is 3.36. The number of carbonyl (C=O) groups is 1. The van der Waals surface area contributed by atoms with Gasteiger partial charge < -0.3 is 20.4 Å². The molecule has 6 nitrogen and oxygen atoms in total. The van der Waals surface area contributed by atoms with Crippen molar-refractivity contribution in [3.05, 3.63) is 0 Å². The van der Waals surface area contributed by atoms with E-state index < -0.39 is 0 Å². The molecular weight excluding hydrogens is 417 g/mol. The zero-order valence-corrected chi connectivity index (χ0v) is 17.9. The maximum absolute atomic E-state index is 12.1. The first kappa shape index (κ1) is 21.5. The van der Waals surface area contributed by atoms with E-state index in [0.29, 0.717) is 12.1 Å². The van der Waals surface area contributed by atoms with Crippen LogP contribution >= 0.6 is 24.0 Å². The maximum Gasteiger partial charge on any atom is 0.225 e. The van der Waals surface area contributed by atoms with E-state index in [0.717, 1.165) is 38.6 Å². The normalized spacial score (nSPS) is 25.0. The van der Waals surface area contributed by atoms with Crippen molar-refractivity contribution in [2.75, 3.05) is 39.8 Å². The van der Waals surface area contributed by atoms with Crippen molar-refractivity contribution < 1.29 is 4.79 Å². The molecule has 24 heavy (non-hydrogen) atoms. The molecule has 2 heterocycles. The smallest absolute Gasteiger partial charge is 0.225 e. The van der Waals surface area contributed by atoms with Gasteiger partial charge in [-0.3, -0.25) is 9.79 Å². The highest BCUT2D eigenvalue weighted by molar-refractivity contribution is 14.0. The van der Waals surface area contributed by atoms with Crippen molar-refractivity contribution in [3.8, 4) is 0 Å². The summed E-state index contributed by atoms with van der Waals surface area (Å²) in [6.45, 7) is 10.5. The molecule has 2 saturated heterocycles. The van der Waals surface area contributed by atoms with Crippen LogP contribution in [-0.2, 0) is 4.79 Å². The number of nitrogens with zero attached hydrogens (tertiary/aromatic N) is 3. The standard InChI is InChI=1S/C17H33N5O.HI/c1-5-18-17(19-11-15-7-6-9-21(15)4)20-14-8-10-22(12-14)16(23)13(2)3;/h13-15H,5-12H2,1-4H3,(H2,18,19,20);1H. The molecule has 0 aliphatic carbocycles. The van der Waals surface area contributed by atoms with Crippen LogP contribution in [0.2, 0.25) is 0 Å². The van der Waals surface area contributed by atoms with E-state index in [1.54, 1.807) is 0 Å². The highest BCUT2D eigenvalue weighted by Crippen LogP contribution is 2.15. The molecule has 7 heteroatoms. The van der Waals surface area contributed by atoms with Crippen molar-refractivity contribution in [2.45, 2.75) is 52.1 Å². The molecule has 140 valence electrons. The topological polar surface area (TPSA) is 60.0 Å². The summed E-state index contributed by atoms with van der Waals surface area (Å²) in [6.07, 6.45) is 3.50. The summed E-state index contributed by atoms with van der Waals surface area (Å²) in [5.74, 6) is 1.22. The number of likely N-dealkylation sites (N-methyl/N-ethyl adjacent to an activating group) is 1. The maximum atomic E-state index is 12.1. The van der Waals surface area contributed by atoms with Crippen molar-refractivity contribution in [1.82, 2.24) is 20.4 Å². The van der Waals surface area contributed by atoms with Gasteiger partial charge in [0.25, 0.3) is 0 Å². The minimum absolute atomic E-state index is 0. The van der Waals surface area contributed by atoms with Crippen molar-refractivity contribution in [3.63, 3.8) is 0 Å². The zero-order valence-electron chi connectivity index (χ0n) is 15.5. The van der Waals surface area contributed by atoms with Crippen molar-refractivity contribution >= 4 is 35.8 Å². The number of carbonyl (C=O) groups excluding carboxylic acids is 1. The lowest BCUT2D eigenvalue weighted by atomic mass is 10.2. The molecule has 0 aromatic carbocycles. The summed E-state index contributed by atoms with van der Waals surface area (Å²) in [4.78, 5) is 21.2. The average molecular weight is 451 g/mol. The number of hydrogen-bond acceptors (Lipinski definition) is 3. The third-order valence-corrected chi connectivity index (χ3v) is 4.81. The molecule has 0 saturated carbocycles. The van der Waals surface area contributed by atoms with Gasteiger partial charge >= 0.3 is 0 Å². The number of hydrogen-bond donors (Lipinski definition) is 2. The first-order valence-electron chi connectivity index (χ1n) is 9.05. The Hall–Kier alpha value is -0.570. The van der Waals surface area contributed by atoms with Crippen LogP contribution in [0.1, 0.15) is 40.0 Å². The number of amides is 1. The number of halogens is 1. The van der Waals surface area contributed by atoms with Gasteiger partial charge in [0.05, 0.1) is 6.54 Å². The number of guanidine groups is 1. The van der Waals surface area contributed by atoms with Crippen LogP contribution < -0.4 is 10.6 Å². The summed E-state index contributed by atoms with van der Waals surface area (Å²) in [5, 5.41) is 6.84. The minimum atomic E-state index is 0. The Morgan fingerprint density at radius 2 is 2.04 bits per heavy atom. The second-order valence-electron chi connectivity index (χ2n) is 7.07. The summed E-state index contributed by atoms with van der Waals surface area (Å²) in [5.41, 5.74) is 0. The van der Waals surface area contributed by atoms with Crippen molar-refractivity contribution in [2.24, 2.45) is 10.9 Å². The highest BCUT2D eigenvalue weighted by Gasteiger charge is 2.28. The molecule has 0 radical (unpaired) electrons. The molecule has 2 fully saturated rings. The van der Waals surface area contributed by atoms with E-state index in [-0.39, 0.29) is 35.8 Å². The van der Waals surface area contributed by atoms with Gasteiger partial charge in [-0.15, -0.1) is 24.0 Å². The van der Waals surface area contributed by atoms with Gasteiger partial charge in [-0.05, 0) is 39.8 Å². The summed E-state index contributed by atoms with van der Waals surface area (Å²) < 4.78 is 0. The molecule has 2 unspecified atom stereocenters. The first-order chi connectivity index (χ1) is 11.0. The Morgan fingerprint density at radius 3 is 2.62 bits per heavy atom. The molecular formula is C17H34IN5O. The quantitative estimate of drug-likeness (QED) is 0.378. The Balaban J connectivity index is 0.00000288. The Labute approximate surface area is 163 Å². The molecule has 2 aliphatic heterocycles. The molecule has 2 atom stereocenters. The largest absolute Gasteiger partial charge is 0.357 e. The molecule has 2 aliphatic rings. The van der Waals surface area contributed by atoms with E-state index in [1.807, 2.05) is 18.7 Å². The minimum Gasteiger partial charge on any atom is -0.357 e. The van der Waals surface area contributed by atoms with Crippen LogP contribution in [-0.4, -0.2) is 73.5 Å². The van der Waals surface area contributed by atoms with E-state index in [1.165, 1.54) is 19.4 Å². The molecule has 1 amide bonds. The first-order valence-corrected chi connectivity index (χ1v) is 9.05. The van der Waals surface area contributed by atoms with E-state index in [4.69, 9.17) is 4.99 Å². The lowest BCUT2D eigenvalue weighted by molar-refractivity contribution is -0.133. The third kappa shape index (κ3) is 6.06. The summed E-state index contributed by atoms with van der Waals surface area (Å²) in [6, 6.07) is 0.866. The van der Waals surface area contributed by atoms with E-state index in [9.17, 15) is 4.79 Å². The predicted octanol–water partition coefficient (Wildman–Crippen LogP) is 1.51. The van der Waals surface area contributed by atoms with Crippen LogP contribution in [0.15, 0.2) is 4.99 Å². The average Bonchev–Trinajstić information content (AvgIpc) is 3.13. The Morgan fingerprint density at radius 1 is 1.29 bits per heavy atom. The second kappa shape index (κ2) is 10.4. The number of rotatable bonds is 5. The molecule has 0 spiro atoms. The monoisotopic (exact) mass is 451 g/mol. The summed E-state index contributed by atoms with van der Waals surface area (Å²) in [7, 11) is 2.18. The number of likely N-dealkylation sites (tertiary alicyclic amines) is 2. The SMILES string of the molecule is CCNC(=NCC1CCCN1C)NC1CCN(C(=O)C(C)C)C1.I. The van der Waals surface area contributed by atoms with E-state index in [2.05, 4.69) is 29.5 Å². The molecule has 2 N–H and O–H groups in total. The fourth-order valence-electron chi connectivity index (χ4n) is 3.36. The summed E-state index contributed by atoms with van der Waals surface area (Å²) >= 11 is 0. The number of nitrogens with one attached hydrogen (secondary N) is 2. The highest BCUT2D eigenvalue weighted by atomic mass is 127. The van der Waals surface area contributed by atoms with Crippen LogP contribution in [0.3, 0.4) is 0 Å². The molecule has 2 rings (SSSR count). The van der Waals surface area contributed by atoms with Gasteiger partial charge in [-0.1, -0.05) is 13.8 Å². The van der Waals surface area contributed by atoms with E-state index >= 15 is 0 Å². The van der Waals surface area contributed by atoms with Gasteiger partial charge in [0.15, 0.2) is 5.96 Å². The predicted molar refractivity (Wildman–Crippen MR) is 110 cm³/mol. The molecule has 0 aromatic rings. The molecule has 0 bridgehead atoms. The third-order valence-electron chi connectivity index (χ3n) is 4.81.